The summed E-state index contributed by atoms with van der Waals surface area (Å²) in [5.41, 5.74) is 3.64. The van der Waals surface area contributed by atoms with Crippen LogP contribution in [0.3, 0.4) is 0 Å². The lowest BCUT2D eigenvalue weighted by atomic mass is 9.83. The van der Waals surface area contributed by atoms with E-state index in [4.69, 9.17) is 9.47 Å². The second kappa shape index (κ2) is 12.4. The number of methoxy groups -OCH3 is 1. The minimum Gasteiger partial charge on any atom is -0.497 e. The molecule has 35 heavy (non-hydrogen) atoms. The fraction of sp³-hybridized carbons (Fsp3) is 0.290. The van der Waals surface area contributed by atoms with Crippen molar-refractivity contribution in [2.24, 2.45) is 0 Å². The van der Waals surface area contributed by atoms with Crippen LogP contribution in [0.25, 0.3) is 10.8 Å². The van der Waals surface area contributed by atoms with Crippen LogP contribution < -0.4 is 14.8 Å². The molecule has 0 aliphatic rings. The Morgan fingerprint density at radius 2 is 1.46 bits per heavy atom. The molecule has 0 aliphatic heterocycles. The number of rotatable bonds is 12. The van der Waals surface area contributed by atoms with Crippen molar-refractivity contribution in [2.75, 3.05) is 26.8 Å². The number of unbranched alkanes of at least 4 members (excludes halogenated alkanes) is 1. The van der Waals surface area contributed by atoms with E-state index in [0.717, 1.165) is 30.9 Å². The molecule has 4 heteroatoms. The number of aliphatic hydroxyl groups is 1. The van der Waals surface area contributed by atoms with E-state index in [-0.39, 0.29) is 12.5 Å². The highest BCUT2D eigenvalue weighted by Gasteiger charge is 2.19. The maximum absolute atomic E-state index is 10.2. The molecule has 0 spiro atoms. The van der Waals surface area contributed by atoms with E-state index < -0.39 is 6.10 Å². The first kappa shape index (κ1) is 24.8. The molecule has 0 aliphatic carbocycles. The molecule has 0 saturated carbocycles. The maximum atomic E-state index is 10.2. The molecule has 2 atom stereocenters. The van der Waals surface area contributed by atoms with Gasteiger partial charge >= 0.3 is 0 Å². The number of fused-ring (bicyclic) bond motifs is 1. The van der Waals surface area contributed by atoms with Gasteiger partial charge in [-0.05, 0) is 64.7 Å². The van der Waals surface area contributed by atoms with Crippen LogP contribution in [0.15, 0.2) is 91.0 Å². The van der Waals surface area contributed by atoms with Gasteiger partial charge in [-0.2, -0.15) is 0 Å². The van der Waals surface area contributed by atoms with Gasteiger partial charge in [-0.15, -0.1) is 0 Å². The number of benzene rings is 4. The van der Waals surface area contributed by atoms with Gasteiger partial charge in [0.25, 0.3) is 0 Å². The third kappa shape index (κ3) is 6.41. The van der Waals surface area contributed by atoms with Gasteiger partial charge < -0.3 is 19.9 Å². The normalized spacial score (nSPS) is 12.9. The zero-order valence-electron chi connectivity index (χ0n) is 20.6. The van der Waals surface area contributed by atoms with Crippen molar-refractivity contribution in [1.29, 1.82) is 0 Å². The fourth-order valence-electron chi connectivity index (χ4n) is 4.43. The molecule has 0 aromatic heterocycles. The predicted octanol–water partition coefficient (Wildman–Crippen LogP) is 6.16. The summed E-state index contributed by atoms with van der Waals surface area (Å²) >= 11 is 0. The van der Waals surface area contributed by atoms with E-state index in [2.05, 4.69) is 79.0 Å². The van der Waals surface area contributed by atoms with Gasteiger partial charge in [-0.25, -0.2) is 0 Å². The summed E-state index contributed by atoms with van der Waals surface area (Å²) in [6.45, 7) is 3.88. The Hall–Kier alpha value is -3.34. The van der Waals surface area contributed by atoms with Crippen LogP contribution in [-0.4, -0.2) is 38.0 Å². The predicted molar refractivity (Wildman–Crippen MR) is 144 cm³/mol. The molecule has 4 rings (SSSR count). The van der Waals surface area contributed by atoms with E-state index >= 15 is 0 Å². The van der Waals surface area contributed by atoms with Crippen LogP contribution >= 0.6 is 0 Å². The van der Waals surface area contributed by atoms with Gasteiger partial charge in [0.1, 0.15) is 24.2 Å². The molecular formula is C31H35NO3. The maximum Gasteiger partial charge on any atom is 0.119 e. The Balaban J connectivity index is 1.57. The van der Waals surface area contributed by atoms with E-state index in [1.165, 1.54) is 27.5 Å². The first-order valence-corrected chi connectivity index (χ1v) is 12.4. The van der Waals surface area contributed by atoms with Crippen molar-refractivity contribution in [2.45, 2.75) is 31.8 Å². The Morgan fingerprint density at radius 1 is 0.800 bits per heavy atom. The van der Waals surface area contributed by atoms with Crippen molar-refractivity contribution in [3.63, 3.8) is 0 Å². The zero-order valence-corrected chi connectivity index (χ0v) is 20.6. The SMILES string of the molecule is CCCCNCC(O)COc1ccc(C(c2ccc(OC)cc2)c2cccc3ccccc23)cc1. The van der Waals surface area contributed by atoms with E-state index in [9.17, 15) is 5.11 Å². The van der Waals surface area contributed by atoms with Gasteiger partial charge in [0.05, 0.1) is 7.11 Å². The van der Waals surface area contributed by atoms with Crippen LogP contribution in [-0.2, 0) is 0 Å². The lowest BCUT2D eigenvalue weighted by Gasteiger charge is -2.21. The van der Waals surface area contributed by atoms with Crippen molar-refractivity contribution in [1.82, 2.24) is 5.32 Å². The smallest absolute Gasteiger partial charge is 0.119 e. The van der Waals surface area contributed by atoms with E-state index in [0.29, 0.717) is 6.54 Å². The second-order valence-electron chi connectivity index (χ2n) is 8.87. The van der Waals surface area contributed by atoms with Crippen LogP contribution in [0.4, 0.5) is 0 Å². The number of nitrogens with one attached hydrogen (secondary N) is 1. The highest BCUT2D eigenvalue weighted by Crippen LogP contribution is 2.37. The standard InChI is InChI=1S/C31H35NO3/c1-3-4-20-32-21-26(33)22-35-28-18-14-25(15-19-28)31(24-12-16-27(34-2)17-13-24)30-11-7-9-23-8-5-6-10-29(23)30/h5-19,26,31-33H,3-4,20-22H2,1-2H3. The Morgan fingerprint density at radius 3 is 2.14 bits per heavy atom. The molecule has 182 valence electrons. The van der Waals surface area contributed by atoms with Crippen LogP contribution in [0, 0.1) is 0 Å². The molecule has 4 nitrogen and oxygen atoms in total. The third-order valence-electron chi connectivity index (χ3n) is 6.33. The lowest BCUT2D eigenvalue weighted by molar-refractivity contribution is 0.106. The van der Waals surface area contributed by atoms with Crippen LogP contribution in [0.5, 0.6) is 11.5 Å². The first-order valence-electron chi connectivity index (χ1n) is 12.4. The number of aliphatic hydroxyl groups excluding tert-OH is 1. The summed E-state index contributed by atoms with van der Waals surface area (Å²) < 4.78 is 11.3. The van der Waals surface area contributed by atoms with Crippen molar-refractivity contribution in [3.05, 3.63) is 108 Å². The first-order chi connectivity index (χ1) is 17.2. The van der Waals surface area contributed by atoms with Gasteiger partial charge in [-0.1, -0.05) is 80.1 Å². The van der Waals surface area contributed by atoms with Crippen molar-refractivity contribution >= 4 is 10.8 Å². The average molecular weight is 470 g/mol. The molecule has 0 bridgehead atoms. The summed E-state index contributed by atoms with van der Waals surface area (Å²) in [6.07, 6.45) is 1.72. The third-order valence-corrected chi connectivity index (χ3v) is 6.33. The minimum atomic E-state index is -0.533. The Kier molecular flexibility index (Phi) is 8.77. The molecule has 0 radical (unpaired) electrons. The molecule has 0 saturated heterocycles. The summed E-state index contributed by atoms with van der Waals surface area (Å²) in [7, 11) is 1.69. The average Bonchev–Trinajstić information content (AvgIpc) is 2.91. The topological polar surface area (TPSA) is 50.7 Å². The highest BCUT2D eigenvalue weighted by molar-refractivity contribution is 5.87. The Bertz CT molecular complexity index is 1180. The largest absolute Gasteiger partial charge is 0.497 e. The van der Waals surface area contributed by atoms with Crippen LogP contribution in [0.2, 0.25) is 0 Å². The molecule has 4 aromatic carbocycles. The molecule has 0 amide bonds. The summed E-state index contributed by atoms with van der Waals surface area (Å²) in [5, 5.41) is 15.9. The number of ether oxygens (including phenoxy) is 2. The van der Waals surface area contributed by atoms with Crippen molar-refractivity contribution in [3.8, 4) is 11.5 Å². The molecule has 2 N–H and O–H groups in total. The highest BCUT2D eigenvalue weighted by atomic mass is 16.5. The number of hydrogen-bond acceptors (Lipinski definition) is 4. The van der Waals surface area contributed by atoms with E-state index in [1.54, 1.807) is 7.11 Å². The van der Waals surface area contributed by atoms with Gasteiger partial charge in [0, 0.05) is 12.5 Å². The van der Waals surface area contributed by atoms with E-state index in [1.807, 2.05) is 24.3 Å². The summed E-state index contributed by atoms with van der Waals surface area (Å²) in [6, 6.07) is 31.5. The molecule has 0 fully saturated rings. The molecule has 2 unspecified atom stereocenters. The minimum absolute atomic E-state index is 0.0643. The quantitative estimate of drug-likeness (QED) is 0.193. The van der Waals surface area contributed by atoms with Crippen LogP contribution in [0.1, 0.15) is 42.4 Å². The summed E-state index contributed by atoms with van der Waals surface area (Å²) in [5.74, 6) is 1.67. The van der Waals surface area contributed by atoms with Gasteiger partial charge in [0.15, 0.2) is 0 Å². The fourth-order valence-corrected chi connectivity index (χ4v) is 4.43. The number of hydrogen-bond donors (Lipinski definition) is 2. The lowest BCUT2D eigenvalue weighted by Crippen LogP contribution is -2.31. The van der Waals surface area contributed by atoms with Crippen molar-refractivity contribution < 1.29 is 14.6 Å². The summed E-state index contributed by atoms with van der Waals surface area (Å²) in [4.78, 5) is 0. The second-order valence-corrected chi connectivity index (χ2v) is 8.87. The molecule has 0 heterocycles. The molecule has 4 aromatic rings. The van der Waals surface area contributed by atoms with Gasteiger partial charge in [-0.3, -0.25) is 0 Å². The Labute approximate surface area is 208 Å². The van der Waals surface area contributed by atoms with Gasteiger partial charge in [0.2, 0.25) is 0 Å². The molecular weight excluding hydrogens is 434 g/mol. The monoisotopic (exact) mass is 469 g/mol. The zero-order chi connectivity index (χ0) is 24.5.